The minimum absolute atomic E-state index is 0.873. The van der Waals surface area contributed by atoms with E-state index in [1.807, 2.05) is 80.6 Å². The van der Waals surface area contributed by atoms with Crippen molar-refractivity contribution in [2.75, 3.05) is 38.0 Å². The van der Waals surface area contributed by atoms with E-state index in [0.717, 1.165) is 40.8 Å². The van der Waals surface area contributed by atoms with Crippen molar-refractivity contribution >= 4 is 29.8 Å². The first-order valence-corrected chi connectivity index (χ1v) is 11.7. The van der Waals surface area contributed by atoms with Gasteiger partial charge >= 0.3 is 5.82 Å². The Balaban J connectivity index is 0.000000886. The van der Waals surface area contributed by atoms with Gasteiger partial charge in [0.15, 0.2) is 12.4 Å². The first kappa shape index (κ1) is 26.9. The number of carboxylic acids is 1. The van der Waals surface area contributed by atoms with Gasteiger partial charge in [-0.1, -0.05) is 62.0 Å². The van der Waals surface area contributed by atoms with Crippen LogP contribution in [0.15, 0.2) is 101 Å². The molecule has 0 saturated carbocycles. The molecule has 8 heteroatoms. The summed E-state index contributed by atoms with van der Waals surface area (Å²) >= 11 is 0. The molecule has 0 amide bonds. The molecule has 0 atom stereocenters. The maximum atomic E-state index is 8.89. The van der Waals surface area contributed by atoms with Crippen LogP contribution in [0.3, 0.4) is 0 Å². The summed E-state index contributed by atoms with van der Waals surface area (Å²) in [6.45, 7) is 0.972. The second-order valence-corrected chi connectivity index (χ2v) is 8.63. The van der Waals surface area contributed by atoms with Gasteiger partial charge in [-0.2, -0.15) is 0 Å². The fourth-order valence-corrected chi connectivity index (χ4v) is 3.39. The molecule has 4 rings (SSSR count). The molecule has 0 radical (unpaired) electrons. The lowest BCUT2D eigenvalue weighted by Crippen LogP contribution is -2.28. The van der Waals surface area contributed by atoms with Crippen molar-refractivity contribution < 1.29 is 14.6 Å². The van der Waals surface area contributed by atoms with Gasteiger partial charge < -0.3 is 19.7 Å². The third kappa shape index (κ3) is 7.90. The molecule has 3 aromatic carbocycles. The Hall–Kier alpha value is -4.72. The van der Waals surface area contributed by atoms with Crippen LogP contribution in [-0.2, 0) is 4.79 Å². The topological polar surface area (TPSA) is 80.1 Å². The number of carboxylic acid groups (broad SMARTS) is 1. The monoisotopic (exact) mass is 496 g/mol. The zero-order valence-corrected chi connectivity index (χ0v) is 21.8. The van der Waals surface area contributed by atoms with E-state index in [4.69, 9.17) is 20.1 Å². The Labute approximate surface area is 218 Å². The first-order chi connectivity index (χ1) is 17.7. The lowest BCUT2D eigenvalue weighted by molar-refractivity contribution is -0.666. The molecule has 0 aliphatic carbocycles. The highest BCUT2D eigenvalue weighted by atomic mass is 16.4. The molecule has 8 nitrogen and oxygen atoms in total. The van der Waals surface area contributed by atoms with Gasteiger partial charge in [0.05, 0.1) is 18.0 Å². The van der Waals surface area contributed by atoms with E-state index in [2.05, 4.69) is 70.5 Å². The van der Waals surface area contributed by atoms with E-state index in [1.54, 1.807) is 0 Å². The zero-order valence-electron chi connectivity index (χ0n) is 21.8. The van der Waals surface area contributed by atoms with Gasteiger partial charge in [-0.15, -0.1) is 0 Å². The summed E-state index contributed by atoms with van der Waals surface area (Å²) in [5, 5.41) is 18.3. The minimum atomic E-state index is -1.08. The highest BCUT2D eigenvalue weighted by molar-refractivity contribution is 5.81. The van der Waals surface area contributed by atoms with Crippen LogP contribution in [0, 0.1) is 0 Å². The molecule has 0 fully saturated rings. The standard InChI is InChI=1S/C27H29N6.C2H4O2/c1-30(2)25-14-10-22(11-15-25)20-28-32-18-19-33(27(32)24-8-6-5-7-9-24)29-21-23-12-16-26(17-13-23)31(3)4;1-2(3)4/h5-21H,1-4H3;1H3,(H,3,4)/q+1;/p-1. The molecule has 0 aliphatic rings. The number of hydrogen-bond donors (Lipinski definition) is 0. The average molecular weight is 497 g/mol. The van der Waals surface area contributed by atoms with Crippen molar-refractivity contribution in [3.63, 3.8) is 0 Å². The normalized spacial score (nSPS) is 10.8. The fourth-order valence-electron chi connectivity index (χ4n) is 3.39. The number of rotatable bonds is 7. The van der Waals surface area contributed by atoms with E-state index >= 15 is 0 Å². The van der Waals surface area contributed by atoms with Gasteiger partial charge in [0.25, 0.3) is 0 Å². The van der Waals surface area contributed by atoms with Crippen molar-refractivity contribution in [2.24, 2.45) is 10.2 Å². The summed E-state index contributed by atoms with van der Waals surface area (Å²) in [4.78, 5) is 13.0. The highest BCUT2D eigenvalue weighted by Crippen LogP contribution is 2.16. The predicted octanol–water partition coefficient (Wildman–Crippen LogP) is 3.10. The van der Waals surface area contributed by atoms with E-state index in [9.17, 15) is 0 Å². The number of imidazole rings is 1. The van der Waals surface area contributed by atoms with Crippen molar-refractivity contribution in [3.05, 3.63) is 102 Å². The Morgan fingerprint density at radius 2 is 1.30 bits per heavy atom. The minimum Gasteiger partial charge on any atom is -0.550 e. The average Bonchev–Trinajstić information content (AvgIpc) is 3.29. The van der Waals surface area contributed by atoms with Gasteiger partial charge in [0, 0.05) is 45.5 Å². The molecular formula is C29H32N6O2. The smallest absolute Gasteiger partial charge is 0.339 e. The number of hydrogen-bond acceptors (Lipinski definition) is 6. The second-order valence-electron chi connectivity index (χ2n) is 8.63. The quantitative estimate of drug-likeness (QED) is 0.291. The van der Waals surface area contributed by atoms with Gasteiger partial charge in [-0.05, 0) is 54.4 Å². The SMILES string of the molecule is CC(=O)[O-].CN(C)c1ccc(C=Nn2cc[n+](N=Cc3ccc(N(C)C)cc3)c2-c2ccccc2)cc1. The second kappa shape index (κ2) is 12.8. The summed E-state index contributed by atoms with van der Waals surface area (Å²) in [6.07, 6.45) is 7.55. The molecule has 1 aromatic heterocycles. The lowest BCUT2D eigenvalue weighted by atomic mass is 10.2. The molecule has 1 heterocycles. The third-order valence-corrected chi connectivity index (χ3v) is 5.30. The predicted molar refractivity (Wildman–Crippen MR) is 148 cm³/mol. The van der Waals surface area contributed by atoms with Crippen LogP contribution in [0.4, 0.5) is 11.4 Å². The Bertz CT molecular complexity index is 1260. The molecule has 0 aliphatic heterocycles. The fraction of sp³-hybridized carbons (Fsp3) is 0.172. The van der Waals surface area contributed by atoms with E-state index in [1.165, 1.54) is 0 Å². The maximum Gasteiger partial charge on any atom is 0.339 e. The van der Waals surface area contributed by atoms with Gasteiger partial charge in [0.2, 0.25) is 0 Å². The van der Waals surface area contributed by atoms with Crippen LogP contribution >= 0.6 is 0 Å². The van der Waals surface area contributed by atoms with Crippen LogP contribution in [0.1, 0.15) is 18.1 Å². The number of carbonyl (C=O) groups is 1. The van der Waals surface area contributed by atoms with Crippen LogP contribution < -0.4 is 19.6 Å². The lowest BCUT2D eigenvalue weighted by Gasteiger charge is -2.11. The Morgan fingerprint density at radius 3 is 1.78 bits per heavy atom. The highest BCUT2D eigenvalue weighted by Gasteiger charge is 2.19. The van der Waals surface area contributed by atoms with Gasteiger partial charge in [-0.3, -0.25) is 0 Å². The van der Waals surface area contributed by atoms with Crippen molar-refractivity contribution in [2.45, 2.75) is 6.92 Å². The van der Waals surface area contributed by atoms with Crippen LogP contribution in [0.5, 0.6) is 0 Å². The number of carbonyl (C=O) groups excluding carboxylic acids is 1. The summed E-state index contributed by atoms with van der Waals surface area (Å²) in [5.41, 5.74) is 5.41. The van der Waals surface area contributed by atoms with Crippen LogP contribution in [0.2, 0.25) is 0 Å². The number of nitrogens with zero attached hydrogens (tertiary/aromatic N) is 6. The van der Waals surface area contributed by atoms with Crippen molar-refractivity contribution in [3.8, 4) is 11.4 Å². The first-order valence-electron chi connectivity index (χ1n) is 11.7. The van der Waals surface area contributed by atoms with Crippen LogP contribution in [-0.4, -0.2) is 51.3 Å². The van der Waals surface area contributed by atoms with E-state index < -0.39 is 5.97 Å². The summed E-state index contributed by atoms with van der Waals surface area (Å²) in [5.74, 6) is -0.210. The summed E-state index contributed by atoms with van der Waals surface area (Å²) < 4.78 is 3.70. The third-order valence-electron chi connectivity index (χ3n) is 5.30. The Kier molecular flexibility index (Phi) is 9.32. The molecule has 0 N–H and O–H groups in total. The molecule has 190 valence electrons. The number of benzene rings is 3. The zero-order chi connectivity index (χ0) is 26.8. The largest absolute Gasteiger partial charge is 0.550 e. The van der Waals surface area contributed by atoms with E-state index in [-0.39, 0.29) is 0 Å². The number of aliphatic carboxylic acids is 1. The summed E-state index contributed by atoms with van der Waals surface area (Å²) in [7, 11) is 8.13. The molecule has 0 saturated heterocycles. The van der Waals surface area contributed by atoms with Gasteiger partial charge in [0.1, 0.15) is 0 Å². The van der Waals surface area contributed by atoms with Crippen LogP contribution in [0.25, 0.3) is 11.4 Å². The maximum absolute atomic E-state index is 8.89. The molecule has 0 unspecified atom stereocenters. The summed E-state index contributed by atoms with van der Waals surface area (Å²) in [6, 6.07) is 26.8. The molecule has 0 bridgehead atoms. The van der Waals surface area contributed by atoms with Crippen molar-refractivity contribution in [1.82, 2.24) is 4.68 Å². The molecular weight excluding hydrogens is 464 g/mol. The van der Waals surface area contributed by atoms with Gasteiger partial charge in [-0.25, -0.2) is 0 Å². The molecule has 37 heavy (non-hydrogen) atoms. The Morgan fingerprint density at radius 1 is 0.811 bits per heavy atom. The number of aromatic nitrogens is 2. The number of anilines is 2. The van der Waals surface area contributed by atoms with Crippen molar-refractivity contribution in [1.29, 1.82) is 0 Å². The molecule has 4 aromatic rings. The molecule has 0 spiro atoms. The van der Waals surface area contributed by atoms with E-state index in [0.29, 0.717) is 0 Å².